The highest BCUT2D eigenvalue weighted by Crippen LogP contribution is 2.38. The van der Waals surface area contributed by atoms with Crippen LogP contribution in [0.25, 0.3) is 0 Å². The van der Waals surface area contributed by atoms with E-state index in [2.05, 4.69) is 20.8 Å². The smallest absolute Gasteiger partial charge is 0.338 e. The Hall–Kier alpha value is -2.16. The predicted molar refractivity (Wildman–Crippen MR) is 91.6 cm³/mol. The summed E-state index contributed by atoms with van der Waals surface area (Å²) in [6.07, 6.45) is 0. The first-order valence-corrected chi connectivity index (χ1v) is 8.15. The third kappa shape index (κ3) is 3.46. The first kappa shape index (κ1) is 17.7. The molecule has 1 atom stereocenters. The molecule has 0 radical (unpaired) electrons. The quantitative estimate of drug-likeness (QED) is 0.626. The fourth-order valence-electron chi connectivity index (χ4n) is 2.58. The molecule has 0 saturated heterocycles. The molecule has 3 rings (SSSR count). The van der Waals surface area contributed by atoms with Gasteiger partial charge in [-0.05, 0) is 29.5 Å². The Kier molecular flexibility index (Phi) is 5.22. The van der Waals surface area contributed by atoms with Crippen LogP contribution in [0.4, 0.5) is 5.95 Å². The van der Waals surface area contributed by atoms with Crippen LogP contribution < -0.4 is 5.32 Å². The molecule has 1 aromatic heterocycles. The number of hydrogen-bond acceptors (Lipinski definition) is 7. The molecule has 0 aliphatic carbocycles. The molecule has 0 amide bonds. The molecule has 1 aliphatic heterocycles. The second kappa shape index (κ2) is 7.38. The molecule has 2 heterocycles. The van der Waals surface area contributed by atoms with Gasteiger partial charge in [-0.25, -0.2) is 4.79 Å². The lowest BCUT2D eigenvalue weighted by Crippen LogP contribution is -2.30. The molecule has 2 aromatic rings. The number of ether oxygens (including phenoxy) is 2. The highest BCUT2D eigenvalue weighted by Gasteiger charge is 2.36. The van der Waals surface area contributed by atoms with E-state index in [0.717, 1.165) is 0 Å². The van der Waals surface area contributed by atoms with E-state index < -0.39 is 12.0 Å². The second-order valence-electron chi connectivity index (χ2n) is 5.31. The van der Waals surface area contributed by atoms with Crippen LogP contribution in [-0.2, 0) is 14.3 Å². The van der Waals surface area contributed by atoms with Gasteiger partial charge in [0.25, 0.3) is 0 Å². The lowest BCUT2D eigenvalue weighted by molar-refractivity contribution is -0.140. The van der Waals surface area contributed by atoms with E-state index in [4.69, 9.17) is 32.7 Å². The summed E-state index contributed by atoms with van der Waals surface area (Å²) in [6, 6.07) is 4.40. The van der Waals surface area contributed by atoms with E-state index in [1.165, 1.54) is 11.8 Å². The lowest BCUT2D eigenvalue weighted by atomic mass is 9.96. The zero-order chi connectivity index (χ0) is 18.0. The van der Waals surface area contributed by atoms with E-state index >= 15 is 0 Å². The van der Waals surface area contributed by atoms with Crippen molar-refractivity contribution in [1.82, 2.24) is 20.2 Å². The van der Waals surface area contributed by atoms with Crippen LogP contribution in [0.3, 0.4) is 0 Å². The summed E-state index contributed by atoms with van der Waals surface area (Å²) in [5.74, 6) is -0.0961. The first-order chi connectivity index (χ1) is 12.0. The van der Waals surface area contributed by atoms with Crippen molar-refractivity contribution in [2.24, 2.45) is 0 Å². The monoisotopic (exact) mass is 383 g/mol. The number of carbonyl (C=O) groups excluding carboxylic acids is 1. The van der Waals surface area contributed by atoms with Gasteiger partial charge < -0.3 is 14.8 Å². The minimum Gasteiger partial charge on any atom is -0.460 e. The maximum Gasteiger partial charge on any atom is 0.338 e. The first-order valence-electron chi connectivity index (χ1n) is 7.39. The zero-order valence-electron chi connectivity index (χ0n) is 13.5. The van der Waals surface area contributed by atoms with Gasteiger partial charge in [0.15, 0.2) is 0 Å². The van der Waals surface area contributed by atoms with Crippen LogP contribution in [0, 0.1) is 0 Å². The number of benzene rings is 1. The molecule has 1 N–H and O–H groups in total. The molecule has 0 bridgehead atoms. The highest BCUT2D eigenvalue weighted by atomic mass is 35.5. The number of tetrazole rings is 1. The van der Waals surface area contributed by atoms with Crippen molar-refractivity contribution < 1.29 is 14.3 Å². The molecule has 0 fully saturated rings. The Morgan fingerprint density at radius 2 is 2.16 bits per heavy atom. The number of halogens is 2. The molecule has 0 saturated carbocycles. The number of nitrogens with zero attached hydrogens (tertiary/aromatic N) is 4. The van der Waals surface area contributed by atoms with Crippen LogP contribution in [0.1, 0.15) is 18.5 Å². The van der Waals surface area contributed by atoms with Gasteiger partial charge in [-0.3, -0.25) is 0 Å². The summed E-state index contributed by atoms with van der Waals surface area (Å²) in [6.45, 7) is 2.19. The number of rotatable bonds is 5. The van der Waals surface area contributed by atoms with Gasteiger partial charge in [0.1, 0.15) is 12.6 Å². The van der Waals surface area contributed by atoms with Gasteiger partial charge >= 0.3 is 5.97 Å². The van der Waals surface area contributed by atoms with Gasteiger partial charge in [0, 0.05) is 28.4 Å². The van der Waals surface area contributed by atoms with E-state index in [1.807, 2.05) is 0 Å². The summed E-state index contributed by atoms with van der Waals surface area (Å²) in [5, 5.41) is 15.4. The minimum atomic E-state index is -0.633. The molecule has 8 nitrogen and oxygen atoms in total. The van der Waals surface area contributed by atoms with Crippen LogP contribution >= 0.6 is 23.2 Å². The topological polar surface area (TPSA) is 91.2 Å². The Balaban J connectivity index is 2.05. The maximum absolute atomic E-state index is 12.7. The summed E-state index contributed by atoms with van der Waals surface area (Å²) in [7, 11) is 1.53. The van der Waals surface area contributed by atoms with Crippen molar-refractivity contribution in [2.75, 3.05) is 25.6 Å². The van der Waals surface area contributed by atoms with Gasteiger partial charge in [-0.2, -0.15) is 4.68 Å². The van der Waals surface area contributed by atoms with Crippen molar-refractivity contribution in [2.45, 2.75) is 13.0 Å². The van der Waals surface area contributed by atoms with Crippen LogP contribution in [-0.4, -0.2) is 46.5 Å². The molecular formula is C15H15Cl2N5O3. The standard InChI is InChI=1S/C15H15Cl2N5O3/c1-8-12(14(23)25-6-5-24-2)13(22-15(18-8)19-20-21-22)10-4-3-9(16)7-11(10)17/h3-4,7,13H,5-6H2,1-2H3,(H,18,19,21). The largest absolute Gasteiger partial charge is 0.460 e. The molecular weight excluding hydrogens is 369 g/mol. The molecule has 1 aliphatic rings. The Labute approximate surface area is 153 Å². The molecule has 25 heavy (non-hydrogen) atoms. The number of anilines is 1. The number of esters is 1. The van der Waals surface area contributed by atoms with Gasteiger partial charge in [0.2, 0.25) is 5.95 Å². The average Bonchev–Trinajstić information content (AvgIpc) is 3.02. The number of fused-ring (bicyclic) bond motifs is 1. The van der Waals surface area contributed by atoms with Crippen molar-refractivity contribution in [3.05, 3.63) is 45.1 Å². The van der Waals surface area contributed by atoms with Gasteiger partial charge in [-0.1, -0.05) is 34.4 Å². The second-order valence-corrected chi connectivity index (χ2v) is 6.15. The average molecular weight is 384 g/mol. The normalized spacial score (nSPS) is 16.4. The van der Waals surface area contributed by atoms with E-state index in [0.29, 0.717) is 39.4 Å². The summed E-state index contributed by atoms with van der Waals surface area (Å²) in [4.78, 5) is 12.7. The van der Waals surface area contributed by atoms with E-state index in [1.54, 1.807) is 25.1 Å². The van der Waals surface area contributed by atoms with Gasteiger partial charge in [-0.15, -0.1) is 0 Å². The van der Waals surface area contributed by atoms with E-state index in [9.17, 15) is 4.79 Å². The summed E-state index contributed by atoms with van der Waals surface area (Å²) in [5.41, 5.74) is 1.58. The Bertz CT molecular complexity index is 836. The van der Waals surface area contributed by atoms with Gasteiger partial charge in [0.05, 0.1) is 12.2 Å². The number of hydrogen-bond donors (Lipinski definition) is 1. The third-order valence-electron chi connectivity index (χ3n) is 3.71. The van der Waals surface area contributed by atoms with Crippen LogP contribution in [0.15, 0.2) is 29.5 Å². The minimum absolute atomic E-state index is 0.135. The number of nitrogens with one attached hydrogen (secondary N) is 1. The number of aromatic nitrogens is 4. The maximum atomic E-state index is 12.7. The Morgan fingerprint density at radius 1 is 1.36 bits per heavy atom. The number of methoxy groups -OCH3 is 1. The fourth-order valence-corrected chi connectivity index (χ4v) is 3.09. The van der Waals surface area contributed by atoms with Crippen molar-refractivity contribution in [3.63, 3.8) is 0 Å². The SMILES string of the molecule is COCCOC(=O)C1=C(C)Nc2nnnn2C1c1ccc(Cl)cc1Cl. The molecule has 1 aromatic carbocycles. The third-order valence-corrected chi connectivity index (χ3v) is 4.27. The van der Waals surface area contributed by atoms with Crippen LogP contribution in [0.2, 0.25) is 10.0 Å². The summed E-state index contributed by atoms with van der Waals surface area (Å²) < 4.78 is 11.7. The number of carbonyl (C=O) groups is 1. The van der Waals surface area contributed by atoms with Crippen molar-refractivity contribution >= 4 is 35.1 Å². The van der Waals surface area contributed by atoms with E-state index in [-0.39, 0.29) is 6.61 Å². The van der Waals surface area contributed by atoms with Crippen molar-refractivity contribution in [1.29, 1.82) is 0 Å². The van der Waals surface area contributed by atoms with Crippen LogP contribution in [0.5, 0.6) is 0 Å². The predicted octanol–water partition coefficient (Wildman–Crippen LogP) is 2.46. The molecule has 132 valence electrons. The fraction of sp³-hybridized carbons (Fsp3) is 0.333. The number of allylic oxidation sites excluding steroid dienone is 1. The molecule has 0 spiro atoms. The zero-order valence-corrected chi connectivity index (χ0v) is 15.0. The van der Waals surface area contributed by atoms with Crippen molar-refractivity contribution in [3.8, 4) is 0 Å². The summed E-state index contributed by atoms with van der Waals surface area (Å²) >= 11 is 12.3. The molecule has 1 unspecified atom stereocenters. The molecule has 10 heteroatoms. The highest BCUT2D eigenvalue weighted by molar-refractivity contribution is 6.35. The Morgan fingerprint density at radius 3 is 2.88 bits per heavy atom. The lowest BCUT2D eigenvalue weighted by Gasteiger charge is -2.28.